The highest BCUT2D eigenvalue weighted by molar-refractivity contribution is 6.32. The molecule has 0 spiro atoms. The number of para-hydroxylation sites is 1. The lowest BCUT2D eigenvalue weighted by atomic mass is 9.92. The van der Waals surface area contributed by atoms with Crippen LogP contribution < -0.4 is 15.8 Å². The predicted molar refractivity (Wildman–Crippen MR) is 92.5 cm³/mol. The summed E-state index contributed by atoms with van der Waals surface area (Å²) in [5.74, 6) is 0.341. The maximum atomic E-state index is 12.4. The lowest BCUT2D eigenvalue weighted by Crippen LogP contribution is -2.50. The van der Waals surface area contributed by atoms with E-state index in [1.54, 1.807) is 19.1 Å². The summed E-state index contributed by atoms with van der Waals surface area (Å²) in [6, 6.07) is 16.5. The Kier molecular flexibility index (Phi) is 5.64. The highest BCUT2D eigenvalue weighted by Gasteiger charge is 2.30. The fourth-order valence-electron chi connectivity index (χ4n) is 2.13. The molecule has 2 unspecified atom stereocenters. The van der Waals surface area contributed by atoms with E-state index in [1.165, 1.54) is 0 Å². The molecule has 122 valence electrons. The third-order valence-corrected chi connectivity index (χ3v) is 3.87. The van der Waals surface area contributed by atoms with Crippen molar-refractivity contribution in [1.29, 1.82) is 0 Å². The Bertz CT molecular complexity index is 659. The second kappa shape index (κ2) is 7.49. The lowest BCUT2D eigenvalue weighted by molar-refractivity contribution is -0.126. The Morgan fingerprint density at radius 2 is 1.83 bits per heavy atom. The van der Waals surface area contributed by atoms with Crippen LogP contribution >= 0.6 is 11.6 Å². The summed E-state index contributed by atoms with van der Waals surface area (Å²) in [5, 5.41) is 3.37. The molecule has 0 bridgehead atoms. The van der Waals surface area contributed by atoms with Gasteiger partial charge in [0.15, 0.2) is 0 Å². The topological polar surface area (TPSA) is 64.4 Å². The first-order chi connectivity index (χ1) is 10.9. The Hall–Kier alpha value is -2.04. The van der Waals surface area contributed by atoms with Gasteiger partial charge in [0.25, 0.3) is 0 Å². The van der Waals surface area contributed by atoms with Gasteiger partial charge in [-0.15, -0.1) is 0 Å². The molecule has 2 aromatic rings. The van der Waals surface area contributed by atoms with Gasteiger partial charge in [-0.25, -0.2) is 0 Å². The van der Waals surface area contributed by atoms with E-state index in [0.717, 1.165) is 5.56 Å². The fourth-order valence-corrected chi connectivity index (χ4v) is 2.31. The molecule has 0 aliphatic heterocycles. The highest BCUT2D eigenvalue weighted by Crippen LogP contribution is 2.24. The van der Waals surface area contributed by atoms with Crippen molar-refractivity contribution in [3.63, 3.8) is 0 Å². The zero-order valence-corrected chi connectivity index (χ0v) is 14.0. The third-order valence-electron chi connectivity index (χ3n) is 3.56. The average molecular weight is 333 g/mol. The fraction of sp³-hybridized carbons (Fsp3) is 0.278. The molecule has 5 heteroatoms. The summed E-state index contributed by atoms with van der Waals surface area (Å²) >= 11 is 6.05. The minimum Gasteiger partial charge on any atom is -0.487 e. The smallest absolute Gasteiger partial charge is 0.244 e. The number of hydrogen-bond donors (Lipinski definition) is 2. The van der Waals surface area contributed by atoms with Crippen LogP contribution in [0.15, 0.2) is 54.6 Å². The van der Waals surface area contributed by atoms with Gasteiger partial charge in [-0.1, -0.05) is 54.1 Å². The molecule has 2 atom stereocenters. The molecule has 0 saturated heterocycles. The van der Waals surface area contributed by atoms with Crippen LogP contribution in [0.5, 0.6) is 5.75 Å². The van der Waals surface area contributed by atoms with E-state index < -0.39 is 5.54 Å². The van der Waals surface area contributed by atoms with Crippen LogP contribution in [-0.4, -0.2) is 18.6 Å². The standard InChI is InChI=1S/C18H21ClN2O2/c1-13(23-16-11-7-6-10-15(16)19)12-21-17(22)18(2,20)14-8-4-3-5-9-14/h3-11,13H,12,20H2,1-2H3,(H,21,22). The molecule has 0 radical (unpaired) electrons. The molecule has 0 aromatic heterocycles. The van der Waals surface area contributed by atoms with Gasteiger partial charge in [-0.2, -0.15) is 0 Å². The summed E-state index contributed by atoms with van der Waals surface area (Å²) in [7, 11) is 0. The van der Waals surface area contributed by atoms with Gasteiger partial charge >= 0.3 is 0 Å². The van der Waals surface area contributed by atoms with Crippen LogP contribution in [0.1, 0.15) is 19.4 Å². The molecule has 1 amide bonds. The van der Waals surface area contributed by atoms with Crippen LogP contribution in [0.2, 0.25) is 5.02 Å². The minimum atomic E-state index is -1.09. The maximum Gasteiger partial charge on any atom is 0.244 e. The minimum absolute atomic E-state index is 0.231. The maximum absolute atomic E-state index is 12.4. The Balaban J connectivity index is 1.92. The third kappa shape index (κ3) is 4.47. The molecule has 23 heavy (non-hydrogen) atoms. The molecular formula is C18H21ClN2O2. The SMILES string of the molecule is CC(CNC(=O)C(C)(N)c1ccccc1)Oc1ccccc1Cl. The summed E-state index contributed by atoms with van der Waals surface area (Å²) in [6.45, 7) is 3.89. The Morgan fingerprint density at radius 1 is 1.22 bits per heavy atom. The van der Waals surface area contributed by atoms with Crippen LogP contribution in [0.3, 0.4) is 0 Å². The lowest BCUT2D eigenvalue weighted by Gasteiger charge is -2.25. The van der Waals surface area contributed by atoms with E-state index in [0.29, 0.717) is 17.3 Å². The van der Waals surface area contributed by atoms with Crippen molar-refractivity contribution < 1.29 is 9.53 Å². The predicted octanol–water partition coefficient (Wildman–Crippen LogP) is 3.10. The van der Waals surface area contributed by atoms with E-state index >= 15 is 0 Å². The molecule has 0 saturated carbocycles. The van der Waals surface area contributed by atoms with Crippen molar-refractivity contribution >= 4 is 17.5 Å². The number of carbonyl (C=O) groups excluding carboxylic acids is 1. The number of benzene rings is 2. The van der Waals surface area contributed by atoms with Crippen LogP contribution in [0, 0.1) is 0 Å². The molecule has 2 aromatic carbocycles. The molecule has 0 fully saturated rings. The second-order valence-corrected chi connectivity index (χ2v) is 6.04. The van der Waals surface area contributed by atoms with Crippen LogP contribution in [-0.2, 0) is 10.3 Å². The van der Waals surface area contributed by atoms with Crippen molar-refractivity contribution in [2.24, 2.45) is 5.73 Å². The van der Waals surface area contributed by atoms with Gasteiger partial charge in [0.2, 0.25) is 5.91 Å². The molecule has 3 N–H and O–H groups in total. The van der Waals surface area contributed by atoms with E-state index in [9.17, 15) is 4.79 Å². The first kappa shape index (κ1) is 17.3. The molecule has 4 nitrogen and oxygen atoms in total. The first-order valence-corrected chi connectivity index (χ1v) is 7.83. The van der Waals surface area contributed by atoms with Gasteiger partial charge in [-0.05, 0) is 31.5 Å². The first-order valence-electron chi connectivity index (χ1n) is 7.45. The number of hydrogen-bond acceptors (Lipinski definition) is 3. The molecule has 0 aliphatic rings. The van der Waals surface area contributed by atoms with Crippen molar-refractivity contribution in [3.8, 4) is 5.75 Å². The van der Waals surface area contributed by atoms with Crippen molar-refractivity contribution in [3.05, 3.63) is 65.2 Å². The molecule has 2 rings (SSSR count). The van der Waals surface area contributed by atoms with Gasteiger partial charge in [0.1, 0.15) is 17.4 Å². The summed E-state index contributed by atoms with van der Waals surface area (Å²) < 4.78 is 5.73. The molecule has 0 heterocycles. The number of nitrogens with two attached hydrogens (primary N) is 1. The monoisotopic (exact) mass is 332 g/mol. The highest BCUT2D eigenvalue weighted by atomic mass is 35.5. The Morgan fingerprint density at radius 3 is 2.48 bits per heavy atom. The van der Waals surface area contributed by atoms with Gasteiger partial charge in [0.05, 0.1) is 11.6 Å². The van der Waals surface area contributed by atoms with Gasteiger partial charge in [0, 0.05) is 0 Å². The second-order valence-electron chi connectivity index (χ2n) is 5.64. The quantitative estimate of drug-likeness (QED) is 0.854. The normalized spacial score (nSPS) is 14.6. The van der Waals surface area contributed by atoms with Gasteiger partial charge < -0.3 is 15.8 Å². The van der Waals surface area contributed by atoms with E-state index in [4.69, 9.17) is 22.1 Å². The van der Waals surface area contributed by atoms with E-state index in [2.05, 4.69) is 5.32 Å². The zero-order chi connectivity index (χ0) is 16.9. The van der Waals surface area contributed by atoms with E-state index in [1.807, 2.05) is 49.4 Å². The van der Waals surface area contributed by atoms with Crippen LogP contribution in [0.4, 0.5) is 0 Å². The van der Waals surface area contributed by atoms with Gasteiger partial charge in [-0.3, -0.25) is 4.79 Å². The van der Waals surface area contributed by atoms with E-state index in [-0.39, 0.29) is 12.0 Å². The number of amides is 1. The number of rotatable bonds is 6. The summed E-state index contributed by atoms with van der Waals surface area (Å²) in [6.07, 6.45) is -0.231. The number of ether oxygens (including phenoxy) is 1. The molecular weight excluding hydrogens is 312 g/mol. The molecule has 0 aliphatic carbocycles. The number of nitrogens with one attached hydrogen (secondary N) is 1. The van der Waals surface area contributed by atoms with Crippen molar-refractivity contribution in [1.82, 2.24) is 5.32 Å². The van der Waals surface area contributed by atoms with Crippen molar-refractivity contribution in [2.45, 2.75) is 25.5 Å². The number of carbonyl (C=O) groups is 1. The summed E-state index contributed by atoms with van der Waals surface area (Å²) in [4.78, 5) is 12.4. The zero-order valence-electron chi connectivity index (χ0n) is 13.3. The van der Waals surface area contributed by atoms with Crippen molar-refractivity contribution in [2.75, 3.05) is 6.54 Å². The van der Waals surface area contributed by atoms with Crippen LogP contribution in [0.25, 0.3) is 0 Å². The Labute approximate surface area is 141 Å². The average Bonchev–Trinajstić information content (AvgIpc) is 2.55. The number of halogens is 1. The largest absolute Gasteiger partial charge is 0.487 e. The summed E-state index contributed by atoms with van der Waals surface area (Å²) in [5.41, 5.74) is 5.84.